The van der Waals surface area contributed by atoms with E-state index in [1.807, 2.05) is 32.9 Å². The van der Waals surface area contributed by atoms with Gasteiger partial charge in [-0.3, -0.25) is 4.72 Å². The third-order valence-electron chi connectivity index (χ3n) is 2.95. The standard InChI is InChI=1S/C13H14BrNO2S2/c1-8-5-4-6-11(10(8)3)15-19(16,17)12-7-9(2)13(14)18-12/h4-7,15H,1-3H3. The van der Waals surface area contributed by atoms with Gasteiger partial charge in [0.25, 0.3) is 10.0 Å². The summed E-state index contributed by atoms with van der Waals surface area (Å²) < 4.78 is 28.4. The maximum atomic E-state index is 12.3. The highest BCUT2D eigenvalue weighted by atomic mass is 79.9. The molecule has 1 aromatic heterocycles. The average molecular weight is 360 g/mol. The van der Waals surface area contributed by atoms with E-state index < -0.39 is 10.0 Å². The van der Waals surface area contributed by atoms with Crippen molar-refractivity contribution in [1.29, 1.82) is 0 Å². The molecular formula is C13H14BrNO2S2. The van der Waals surface area contributed by atoms with Crippen molar-refractivity contribution >= 4 is 43.0 Å². The van der Waals surface area contributed by atoms with Crippen LogP contribution < -0.4 is 4.72 Å². The summed E-state index contributed by atoms with van der Waals surface area (Å²) in [7, 11) is -3.52. The molecule has 1 N–H and O–H groups in total. The Morgan fingerprint density at radius 2 is 1.84 bits per heavy atom. The van der Waals surface area contributed by atoms with Gasteiger partial charge in [0.05, 0.1) is 9.47 Å². The van der Waals surface area contributed by atoms with Gasteiger partial charge in [-0.2, -0.15) is 0 Å². The zero-order valence-electron chi connectivity index (χ0n) is 10.8. The van der Waals surface area contributed by atoms with Gasteiger partial charge >= 0.3 is 0 Å². The van der Waals surface area contributed by atoms with Crippen molar-refractivity contribution in [2.24, 2.45) is 0 Å². The van der Waals surface area contributed by atoms with Crippen molar-refractivity contribution in [3.63, 3.8) is 0 Å². The van der Waals surface area contributed by atoms with Crippen molar-refractivity contribution in [2.45, 2.75) is 25.0 Å². The molecule has 6 heteroatoms. The molecular weight excluding hydrogens is 346 g/mol. The maximum absolute atomic E-state index is 12.3. The fourth-order valence-electron chi connectivity index (χ4n) is 1.62. The predicted molar refractivity (Wildman–Crippen MR) is 83.5 cm³/mol. The summed E-state index contributed by atoms with van der Waals surface area (Å²) in [6.07, 6.45) is 0. The first-order chi connectivity index (χ1) is 8.81. The number of sulfonamides is 1. The Kier molecular flexibility index (Phi) is 4.03. The molecule has 0 atom stereocenters. The Labute approximate surface area is 125 Å². The molecule has 102 valence electrons. The summed E-state index contributed by atoms with van der Waals surface area (Å²) >= 11 is 4.56. The molecule has 3 nitrogen and oxygen atoms in total. The molecule has 0 saturated carbocycles. The second-order valence-corrected chi connectivity index (χ2v) is 8.65. The summed E-state index contributed by atoms with van der Waals surface area (Å²) in [6, 6.07) is 7.24. The van der Waals surface area contributed by atoms with E-state index in [1.165, 1.54) is 11.3 Å². The third-order valence-corrected chi connectivity index (χ3v) is 6.92. The number of rotatable bonds is 3. The molecule has 19 heavy (non-hydrogen) atoms. The highest BCUT2D eigenvalue weighted by molar-refractivity contribution is 9.11. The predicted octanol–water partition coefficient (Wildman–Crippen LogP) is 4.24. The lowest BCUT2D eigenvalue weighted by atomic mass is 10.1. The van der Waals surface area contributed by atoms with Gasteiger partial charge in [0.1, 0.15) is 4.21 Å². The number of thiophene rings is 1. The Hall–Kier alpha value is -0.850. The topological polar surface area (TPSA) is 46.2 Å². The SMILES string of the molecule is Cc1cc(S(=O)(=O)Nc2cccc(C)c2C)sc1Br. The zero-order valence-corrected chi connectivity index (χ0v) is 14.0. The zero-order chi connectivity index (χ0) is 14.2. The smallest absolute Gasteiger partial charge is 0.271 e. The van der Waals surface area contributed by atoms with Crippen LogP contribution in [0.5, 0.6) is 0 Å². The largest absolute Gasteiger partial charge is 0.279 e. The van der Waals surface area contributed by atoms with E-state index in [2.05, 4.69) is 20.7 Å². The van der Waals surface area contributed by atoms with Crippen molar-refractivity contribution in [3.05, 3.63) is 44.7 Å². The van der Waals surface area contributed by atoms with E-state index in [0.717, 1.165) is 20.5 Å². The molecule has 0 aliphatic rings. The van der Waals surface area contributed by atoms with Crippen LogP contribution in [-0.4, -0.2) is 8.42 Å². The molecule has 0 amide bonds. The summed E-state index contributed by atoms with van der Waals surface area (Å²) in [5.74, 6) is 0. The number of anilines is 1. The van der Waals surface area contributed by atoms with Crippen molar-refractivity contribution in [1.82, 2.24) is 0 Å². The minimum atomic E-state index is -3.52. The molecule has 0 spiro atoms. The van der Waals surface area contributed by atoms with Crippen LogP contribution in [0.2, 0.25) is 0 Å². The second-order valence-electron chi connectivity index (χ2n) is 4.38. The van der Waals surface area contributed by atoms with Crippen molar-refractivity contribution in [3.8, 4) is 0 Å². The molecule has 0 aliphatic heterocycles. The number of hydrogen-bond acceptors (Lipinski definition) is 3. The summed E-state index contributed by atoms with van der Waals surface area (Å²) in [5, 5.41) is 0. The summed E-state index contributed by atoms with van der Waals surface area (Å²) in [5.41, 5.74) is 3.55. The number of benzene rings is 1. The van der Waals surface area contributed by atoms with Gasteiger partial charge in [0.2, 0.25) is 0 Å². The van der Waals surface area contributed by atoms with E-state index in [0.29, 0.717) is 9.90 Å². The van der Waals surface area contributed by atoms with Crippen LogP contribution in [0, 0.1) is 20.8 Å². The fourth-order valence-corrected chi connectivity index (χ4v) is 4.97. The van der Waals surface area contributed by atoms with E-state index in [-0.39, 0.29) is 0 Å². The van der Waals surface area contributed by atoms with Crippen LogP contribution in [0.1, 0.15) is 16.7 Å². The lowest BCUT2D eigenvalue weighted by molar-refractivity contribution is 0.603. The van der Waals surface area contributed by atoms with Gasteiger partial charge in [-0.05, 0) is 65.5 Å². The molecule has 0 radical (unpaired) electrons. The molecule has 0 fully saturated rings. The lowest BCUT2D eigenvalue weighted by Crippen LogP contribution is -2.12. The summed E-state index contributed by atoms with van der Waals surface area (Å²) in [6.45, 7) is 5.74. The lowest BCUT2D eigenvalue weighted by Gasteiger charge is -2.10. The highest BCUT2D eigenvalue weighted by Gasteiger charge is 2.19. The first-order valence-corrected chi connectivity index (χ1v) is 8.75. The second kappa shape index (κ2) is 5.26. The molecule has 0 bridgehead atoms. The molecule has 0 saturated heterocycles. The van der Waals surface area contributed by atoms with E-state index >= 15 is 0 Å². The fraction of sp³-hybridized carbons (Fsp3) is 0.231. The molecule has 0 aliphatic carbocycles. The Morgan fingerprint density at radius 3 is 2.42 bits per heavy atom. The maximum Gasteiger partial charge on any atom is 0.271 e. The van der Waals surface area contributed by atoms with Gasteiger partial charge in [-0.1, -0.05) is 12.1 Å². The van der Waals surface area contributed by atoms with Crippen molar-refractivity contribution < 1.29 is 8.42 Å². The molecule has 2 rings (SSSR count). The Morgan fingerprint density at radius 1 is 1.16 bits per heavy atom. The number of hydrogen-bond donors (Lipinski definition) is 1. The van der Waals surface area contributed by atoms with Gasteiger partial charge in [-0.25, -0.2) is 8.42 Å². The van der Waals surface area contributed by atoms with Crippen molar-refractivity contribution in [2.75, 3.05) is 4.72 Å². The normalized spacial score (nSPS) is 11.6. The first kappa shape index (κ1) is 14.6. The third kappa shape index (κ3) is 3.01. The highest BCUT2D eigenvalue weighted by Crippen LogP contribution is 2.32. The van der Waals surface area contributed by atoms with Crippen LogP contribution >= 0.6 is 27.3 Å². The monoisotopic (exact) mass is 359 g/mol. The van der Waals surface area contributed by atoms with E-state index in [9.17, 15) is 8.42 Å². The number of nitrogens with one attached hydrogen (secondary N) is 1. The van der Waals surface area contributed by atoms with Gasteiger partial charge in [-0.15, -0.1) is 11.3 Å². The number of aryl methyl sites for hydroxylation is 2. The summed E-state index contributed by atoms with van der Waals surface area (Å²) in [4.78, 5) is 0. The quantitative estimate of drug-likeness (QED) is 0.890. The minimum Gasteiger partial charge on any atom is -0.279 e. The minimum absolute atomic E-state index is 0.317. The van der Waals surface area contributed by atoms with Gasteiger partial charge in [0, 0.05) is 0 Å². The Balaban J connectivity index is 2.39. The average Bonchev–Trinajstić information content (AvgIpc) is 2.66. The molecule has 1 aromatic carbocycles. The van der Waals surface area contributed by atoms with E-state index in [4.69, 9.17) is 0 Å². The van der Waals surface area contributed by atoms with Crippen LogP contribution in [-0.2, 0) is 10.0 Å². The van der Waals surface area contributed by atoms with E-state index in [1.54, 1.807) is 12.1 Å². The Bertz CT molecular complexity index is 701. The number of halogens is 1. The van der Waals surface area contributed by atoms with Gasteiger partial charge in [0.15, 0.2) is 0 Å². The van der Waals surface area contributed by atoms with Crippen LogP contribution in [0.25, 0.3) is 0 Å². The molecule has 1 heterocycles. The van der Waals surface area contributed by atoms with Crippen LogP contribution in [0.4, 0.5) is 5.69 Å². The first-order valence-electron chi connectivity index (χ1n) is 5.66. The molecule has 2 aromatic rings. The van der Waals surface area contributed by atoms with Crippen LogP contribution in [0.3, 0.4) is 0 Å². The molecule has 0 unspecified atom stereocenters. The van der Waals surface area contributed by atoms with Crippen LogP contribution in [0.15, 0.2) is 32.3 Å². The van der Waals surface area contributed by atoms with Gasteiger partial charge < -0.3 is 0 Å².